The van der Waals surface area contributed by atoms with Gasteiger partial charge >= 0.3 is 0 Å². The van der Waals surface area contributed by atoms with Crippen molar-refractivity contribution in [2.24, 2.45) is 0 Å². The summed E-state index contributed by atoms with van der Waals surface area (Å²) in [4.78, 5) is 0. The highest BCUT2D eigenvalue weighted by atomic mass is 16.3. The molecule has 1 unspecified atom stereocenters. The van der Waals surface area contributed by atoms with Crippen LogP contribution in [-0.2, 0) is 0 Å². The average molecular weight is 412 g/mol. The SMILES string of the molecule is C1=Cc2c(n(-c3ccccc3)c3ccccc23)C(c2cccc3oc4ccccc4c23)C1. The van der Waals surface area contributed by atoms with Crippen molar-refractivity contribution in [2.45, 2.75) is 12.3 Å². The molecule has 2 heteroatoms. The van der Waals surface area contributed by atoms with E-state index in [-0.39, 0.29) is 5.92 Å². The molecule has 1 atom stereocenters. The Labute approximate surface area is 186 Å². The molecular formula is C30H21NO. The summed E-state index contributed by atoms with van der Waals surface area (Å²) in [6, 6.07) is 34.4. The number of hydrogen-bond acceptors (Lipinski definition) is 1. The molecule has 0 N–H and O–H groups in total. The number of rotatable bonds is 2. The second-order valence-electron chi connectivity index (χ2n) is 8.50. The maximum atomic E-state index is 6.22. The van der Waals surface area contributed by atoms with Gasteiger partial charge in [0, 0.05) is 39.0 Å². The molecule has 0 bridgehead atoms. The van der Waals surface area contributed by atoms with Gasteiger partial charge in [-0.25, -0.2) is 0 Å². The first-order valence-electron chi connectivity index (χ1n) is 11.2. The summed E-state index contributed by atoms with van der Waals surface area (Å²) in [5.74, 6) is 0.243. The molecule has 2 aromatic heterocycles. The Bertz CT molecular complexity index is 1650. The smallest absolute Gasteiger partial charge is 0.135 e. The molecule has 0 aliphatic heterocycles. The third-order valence-corrected chi connectivity index (χ3v) is 6.76. The highest BCUT2D eigenvalue weighted by Gasteiger charge is 2.29. The van der Waals surface area contributed by atoms with Gasteiger partial charge in [-0.2, -0.15) is 0 Å². The third kappa shape index (κ3) is 2.41. The Kier molecular flexibility index (Phi) is 3.71. The first-order chi connectivity index (χ1) is 15.9. The van der Waals surface area contributed by atoms with E-state index >= 15 is 0 Å². The Morgan fingerprint density at radius 3 is 2.34 bits per heavy atom. The molecule has 0 spiro atoms. The van der Waals surface area contributed by atoms with Crippen LogP contribution in [0, 0.1) is 0 Å². The lowest BCUT2D eigenvalue weighted by molar-refractivity contribution is 0.668. The fourth-order valence-electron chi connectivity index (χ4n) is 5.46. The minimum Gasteiger partial charge on any atom is -0.456 e. The summed E-state index contributed by atoms with van der Waals surface area (Å²) >= 11 is 0. The van der Waals surface area contributed by atoms with E-state index in [4.69, 9.17) is 4.42 Å². The Morgan fingerprint density at radius 1 is 0.688 bits per heavy atom. The predicted molar refractivity (Wildman–Crippen MR) is 132 cm³/mol. The highest BCUT2D eigenvalue weighted by Crippen LogP contribution is 2.45. The molecule has 4 aromatic carbocycles. The van der Waals surface area contributed by atoms with Crippen molar-refractivity contribution in [1.82, 2.24) is 4.57 Å². The molecular weight excluding hydrogens is 390 g/mol. The molecule has 0 fully saturated rings. The molecule has 32 heavy (non-hydrogen) atoms. The van der Waals surface area contributed by atoms with Gasteiger partial charge in [0.15, 0.2) is 0 Å². The van der Waals surface area contributed by atoms with Gasteiger partial charge in [0.25, 0.3) is 0 Å². The molecule has 1 aliphatic carbocycles. The summed E-state index contributed by atoms with van der Waals surface area (Å²) < 4.78 is 8.68. The number of allylic oxidation sites excluding steroid dienone is 1. The van der Waals surface area contributed by atoms with Crippen molar-refractivity contribution in [3.63, 3.8) is 0 Å². The second-order valence-corrected chi connectivity index (χ2v) is 8.50. The van der Waals surface area contributed by atoms with E-state index in [1.165, 1.54) is 44.2 Å². The number of para-hydroxylation sites is 3. The lowest BCUT2D eigenvalue weighted by atomic mass is 9.84. The Hall–Kier alpha value is -4.04. The first-order valence-corrected chi connectivity index (χ1v) is 11.2. The van der Waals surface area contributed by atoms with Crippen LogP contribution in [0.15, 0.2) is 108 Å². The zero-order chi connectivity index (χ0) is 21.1. The fraction of sp³-hybridized carbons (Fsp3) is 0.0667. The molecule has 1 aliphatic rings. The standard InChI is InChI=1S/C30H21NO/c1-2-10-20(11-3-1)31-26-17-6-4-12-21(26)23-15-8-16-24(30(23)31)22-14-9-19-28-29(22)25-13-5-7-18-27(25)32-28/h1-15,17-19,24H,16H2. The number of aromatic nitrogens is 1. The molecule has 0 amide bonds. The van der Waals surface area contributed by atoms with Crippen LogP contribution in [-0.4, -0.2) is 4.57 Å². The quantitative estimate of drug-likeness (QED) is 0.282. The van der Waals surface area contributed by atoms with Gasteiger partial charge in [0.1, 0.15) is 11.2 Å². The second kappa shape index (κ2) is 6.73. The van der Waals surface area contributed by atoms with Crippen molar-refractivity contribution in [3.8, 4) is 5.69 Å². The van der Waals surface area contributed by atoms with Crippen molar-refractivity contribution in [1.29, 1.82) is 0 Å². The summed E-state index contributed by atoms with van der Waals surface area (Å²) in [6.45, 7) is 0. The van der Waals surface area contributed by atoms with Gasteiger partial charge in [-0.3, -0.25) is 0 Å². The molecule has 6 aromatic rings. The number of hydrogen-bond donors (Lipinski definition) is 0. The van der Waals surface area contributed by atoms with Crippen LogP contribution in [0.2, 0.25) is 0 Å². The average Bonchev–Trinajstić information content (AvgIpc) is 3.40. The summed E-state index contributed by atoms with van der Waals surface area (Å²) in [7, 11) is 0. The number of nitrogens with zero attached hydrogens (tertiary/aromatic N) is 1. The zero-order valence-electron chi connectivity index (χ0n) is 17.5. The van der Waals surface area contributed by atoms with Crippen LogP contribution in [0.3, 0.4) is 0 Å². The largest absolute Gasteiger partial charge is 0.456 e. The van der Waals surface area contributed by atoms with Crippen LogP contribution in [0.5, 0.6) is 0 Å². The summed E-state index contributed by atoms with van der Waals surface area (Å²) in [6.07, 6.45) is 5.60. The topological polar surface area (TPSA) is 18.1 Å². The van der Waals surface area contributed by atoms with E-state index in [1.54, 1.807) is 0 Å². The lowest BCUT2D eigenvalue weighted by Crippen LogP contribution is -2.11. The first kappa shape index (κ1) is 17.6. The van der Waals surface area contributed by atoms with Crippen LogP contribution in [0.1, 0.15) is 29.2 Å². The number of benzene rings is 4. The van der Waals surface area contributed by atoms with Crippen LogP contribution >= 0.6 is 0 Å². The monoisotopic (exact) mass is 411 g/mol. The van der Waals surface area contributed by atoms with Gasteiger partial charge in [0.05, 0.1) is 5.52 Å². The summed E-state index contributed by atoms with van der Waals surface area (Å²) in [5, 5.41) is 3.73. The van der Waals surface area contributed by atoms with E-state index in [0.29, 0.717) is 0 Å². The molecule has 2 nitrogen and oxygen atoms in total. The van der Waals surface area contributed by atoms with Gasteiger partial charge in [-0.05, 0) is 42.3 Å². The van der Waals surface area contributed by atoms with Gasteiger partial charge in [-0.15, -0.1) is 0 Å². The Balaban J connectivity index is 1.59. The van der Waals surface area contributed by atoms with Gasteiger partial charge < -0.3 is 8.98 Å². The van der Waals surface area contributed by atoms with E-state index in [1.807, 2.05) is 6.07 Å². The van der Waals surface area contributed by atoms with Crippen molar-refractivity contribution in [2.75, 3.05) is 0 Å². The van der Waals surface area contributed by atoms with Crippen molar-refractivity contribution in [3.05, 3.63) is 120 Å². The molecule has 152 valence electrons. The van der Waals surface area contributed by atoms with Crippen molar-refractivity contribution < 1.29 is 4.42 Å². The minimum absolute atomic E-state index is 0.243. The van der Waals surface area contributed by atoms with E-state index in [0.717, 1.165) is 17.6 Å². The molecule has 0 saturated carbocycles. The van der Waals surface area contributed by atoms with Crippen LogP contribution in [0.4, 0.5) is 0 Å². The van der Waals surface area contributed by atoms with Gasteiger partial charge in [0.2, 0.25) is 0 Å². The molecule has 0 saturated heterocycles. The number of furan rings is 1. The molecule has 2 heterocycles. The lowest BCUT2D eigenvalue weighted by Gasteiger charge is -2.24. The maximum absolute atomic E-state index is 6.22. The summed E-state index contributed by atoms with van der Waals surface area (Å²) in [5.41, 5.74) is 8.38. The highest BCUT2D eigenvalue weighted by molar-refractivity contribution is 6.07. The zero-order valence-corrected chi connectivity index (χ0v) is 17.5. The van der Waals surface area contributed by atoms with E-state index in [9.17, 15) is 0 Å². The Morgan fingerprint density at radius 2 is 1.44 bits per heavy atom. The van der Waals surface area contributed by atoms with E-state index < -0.39 is 0 Å². The number of fused-ring (bicyclic) bond motifs is 6. The fourth-order valence-corrected chi connectivity index (χ4v) is 5.46. The maximum Gasteiger partial charge on any atom is 0.135 e. The van der Waals surface area contributed by atoms with Crippen molar-refractivity contribution >= 4 is 38.9 Å². The molecule has 7 rings (SSSR count). The normalized spacial score (nSPS) is 15.6. The minimum atomic E-state index is 0.243. The van der Waals surface area contributed by atoms with E-state index in [2.05, 4.69) is 108 Å². The molecule has 0 radical (unpaired) electrons. The van der Waals surface area contributed by atoms with Crippen LogP contribution in [0.25, 0.3) is 44.6 Å². The van der Waals surface area contributed by atoms with Gasteiger partial charge in [-0.1, -0.05) is 78.9 Å². The van der Waals surface area contributed by atoms with Crippen LogP contribution < -0.4 is 0 Å². The third-order valence-electron chi connectivity index (χ3n) is 6.76. The predicted octanol–water partition coefficient (Wildman–Crippen LogP) is 8.08.